The largest absolute Gasteiger partial charge is 0.465 e. The predicted octanol–water partition coefficient (Wildman–Crippen LogP) is 4.90. The molecule has 0 aliphatic carbocycles. The summed E-state index contributed by atoms with van der Waals surface area (Å²) in [6.07, 6.45) is 0.955. The van der Waals surface area contributed by atoms with Crippen LogP contribution in [0, 0.1) is 0 Å². The molecule has 0 heterocycles. The number of nitrogens with one attached hydrogen (secondary N) is 2. The molecular formula is C24H24N2O3. The number of carbonyl (C=O) groups is 2. The Kier molecular flexibility index (Phi) is 6.63. The fraction of sp³-hybridized carbons (Fsp3) is 0.167. The topological polar surface area (TPSA) is 67.4 Å². The summed E-state index contributed by atoms with van der Waals surface area (Å²) in [4.78, 5) is 24.3. The summed E-state index contributed by atoms with van der Waals surface area (Å²) < 4.78 is 4.72. The molecule has 0 aliphatic heterocycles. The van der Waals surface area contributed by atoms with E-state index in [0.29, 0.717) is 23.4 Å². The number of anilines is 2. The second-order valence-electron chi connectivity index (χ2n) is 6.59. The first kappa shape index (κ1) is 20.1. The van der Waals surface area contributed by atoms with Gasteiger partial charge in [-0.05, 0) is 53.9 Å². The molecular weight excluding hydrogens is 364 g/mol. The van der Waals surface area contributed by atoms with Gasteiger partial charge in [-0.3, -0.25) is 4.79 Å². The van der Waals surface area contributed by atoms with Gasteiger partial charge in [-0.15, -0.1) is 0 Å². The summed E-state index contributed by atoms with van der Waals surface area (Å²) in [5, 5.41) is 6.27. The van der Waals surface area contributed by atoms with E-state index in [-0.39, 0.29) is 5.91 Å². The van der Waals surface area contributed by atoms with Crippen molar-refractivity contribution in [2.45, 2.75) is 19.9 Å². The van der Waals surface area contributed by atoms with Crippen LogP contribution in [0.3, 0.4) is 0 Å². The summed E-state index contributed by atoms with van der Waals surface area (Å²) in [6.45, 7) is 2.75. The molecule has 0 spiro atoms. The summed E-state index contributed by atoms with van der Waals surface area (Å²) >= 11 is 0. The standard InChI is InChI=1S/C24H24N2O3/c1-3-18-9-4-5-13-22(18)25-16-17-8-6-10-19(14-17)23(27)26-21-12-7-11-20(15-21)24(28)29-2/h4-15,25H,3,16H2,1-2H3,(H,26,27). The smallest absolute Gasteiger partial charge is 0.337 e. The van der Waals surface area contributed by atoms with Crippen molar-refractivity contribution in [3.63, 3.8) is 0 Å². The Labute approximate surface area is 170 Å². The molecule has 0 unspecified atom stereocenters. The van der Waals surface area contributed by atoms with E-state index in [9.17, 15) is 9.59 Å². The minimum absolute atomic E-state index is 0.233. The summed E-state index contributed by atoms with van der Waals surface area (Å²) in [7, 11) is 1.33. The lowest BCUT2D eigenvalue weighted by Crippen LogP contribution is -2.13. The third-order valence-corrected chi connectivity index (χ3v) is 4.61. The van der Waals surface area contributed by atoms with Gasteiger partial charge >= 0.3 is 5.97 Å². The third-order valence-electron chi connectivity index (χ3n) is 4.61. The van der Waals surface area contributed by atoms with E-state index in [4.69, 9.17) is 4.74 Å². The van der Waals surface area contributed by atoms with E-state index in [2.05, 4.69) is 29.7 Å². The highest BCUT2D eigenvalue weighted by atomic mass is 16.5. The average Bonchev–Trinajstić information content (AvgIpc) is 2.77. The number of esters is 1. The fourth-order valence-electron chi connectivity index (χ4n) is 3.07. The van der Waals surface area contributed by atoms with Crippen LogP contribution >= 0.6 is 0 Å². The molecule has 3 rings (SSSR count). The molecule has 0 saturated heterocycles. The molecule has 148 valence electrons. The first-order chi connectivity index (χ1) is 14.1. The van der Waals surface area contributed by atoms with Crippen LogP contribution in [0.15, 0.2) is 72.8 Å². The van der Waals surface area contributed by atoms with Crippen molar-refractivity contribution in [2.24, 2.45) is 0 Å². The molecule has 0 aliphatic rings. The van der Waals surface area contributed by atoms with Crippen LogP contribution in [0.5, 0.6) is 0 Å². The van der Waals surface area contributed by atoms with E-state index in [0.717, 1.165) is 17.7 Å². The van der Waals surface area contributed by atoms with Crippen LogP contribution in [-0.2, 0) is 17.7 Å². The minimum Gasteiger partial charge on any atom is -0.465 e. The van der Waals surface area contributed by atoms with Gasteiger partial charge in [0.1, 0.15) is 0 Å². The quantitative estimate of drug-likeness (QED) is 0.565. The SMILES string of the molecule is CCc1ccccc1NCc1cccc(C(=O)Nc2cccc(C(=O)OC)c2)c1. The van der Waals surface area contributed by atoms with Crippen molar-refractivity contribution in [3.8, 4) is 0 Å². The van der Waals surface area contributed by atoms with Gasteiger partial charge in [0.2, 0.25) is 0 Å². The van der Waals surface area contributed by atoms with Gasteiger partial charge in [0, 0.05) is 23.5 Å². The molecule has 0 bridgehead atoms. The van der Waals surface area contributed by atoms with E-state index in [1.165, 1.54) is 12.7 Å². The molecule has 5 nitrogen and oxygen atoms in total. The van der Waals surface area contributed by atoms with E-state index < -0.39 is 5.97 Å². The van der Waals surface area contributed by atoms with Crippen LogP contribution in [0.1, 0.15) is 38.8 Å². The maximum atomic E-state index is 12.6. The Bertz CT molecular complexity index is 1010. The van der Waals surface area contributed by atoms with Gasteiger partial charge in [-0.2, -0.15) is 0 Å². The molecule has 0 radical (unpaired) electrons. The monoisotopic (exact) mass is 388 g/mol. The number of methoxy groups -OCH3 is 1. The van der Waals surface area contributed by atoms with Crippen LogP contribution in [0.25, 0.3) is 0 Å². The Morgan fingerprint density at radius 1 is 0.897 bits per heavy atom. The fourth-order valence-corrected chi connectivity index (χ4v) is 3.07. The number of para-hydroxylation sites is 1. The van der Waals surface area contributed by atoms with Gasteiger partial charge in [-0.1, -0.05) is 43.3 Å². The van der Waals surface area contributed by atoms with Crippen LogP contribution in [0.4, 0.5) is 11.4 Å². The first-order valence-corrected chi connectivity index (χ1v) is 9.51. The molecule has 29 heavy (non-hydrogen) atoms. The number of benzene rings is 3. The Hall–Kier alpha value is -3.60. The number of amides is 1. The normalized spacial score (nSPS) is 10.3. The zero-order valence-corrected chi connectivity index (χ0v) is 16.6. The molecule has 0 saturated carbocycles. The third kappa shape index (κ3) is 5.23. The number of carbonyl (C=O) groups excluding carboxylic acids is 2. The van der Waals surface area contributed by atoms with Crippen molar-refractivity contribution < 1.29 is 14.3 Å². The Morgan fingerprint density at radius 2 is 1.66 bits per heavy atom. The lowest BCUT2D eigenvalue weighted by atomic mass is 10.1. The van der Waals surface area contributed by atoms with Crippen molar-refractivity contribution in [1.29, 1.82) is 0 Å². The van der Waals surface area contributed by atoms with Gasteiger partial charge in [0.15, 0.2) is 0 Å². The van der Waals surface area contributed by atoms with Gasteiger partial charge < -0.3 is 15.4 Å². The summed E-state index contributed by atoms with van der Waals surface area (Å²) in [6, 6.07) is 22.3. The van der Waals surface area contributed by atoms with Crippen LogP contribution < -0.4 is 10.6 Å². The number of rotatable bonds is 7. The number of ether oxygens (including phenoxy) is 1. The number of aryl methyl sites for hydroxylation is 1. The zero-order chi connectivity index (χ0) is 20.6. The molecule has 3 aromatic carbocycles. The summed E-state index contributed by atoms with van der Waals surface area (Å²) in [5.41, 5.74) is 4.84. The van der Waals surface area contributed by atoms with E-state index in [1.54, 1.807) is 30.3 Å². The zero-order valence-electron chi connectivity index (χ0n) is 16.6. The van der Waals surface area contributed by atoms with Crippen LogP contribution in [0.2, 0.25) is 0 Å². The maximum absolute atomic E-state index is 12.6. The van der Waals surface area contributed by atoms with Crippen molar-refractivity contribution in [2.75, 3.05) is 17.7 Å². The lowest BCUT2D eigenvalue weighted by Gasteiger charge is -2.12. The predicted molar refractivity (Wildman–Crippen MR) is 115 cm³/mol. The molecule has 5 heteroatoms. The van der Waals surface area contributed by atoms with E-state index in [1.807, 2.05) is 30.3 Å². The van der Waals surface area contributed by atoms with Crippen LogP contribution in [-0.4, -0.2) is 19.0 Å². The highest BCUT2D eigenvalue weighted by molar-refractivity contribution is 6.05. The van der Waals surface area contributed by atoms with Gasteiger partial charge in [-0.25, -0.2) is 4.79 Å². The minimum atomic E-state index is -0.443. The number of hydrogen-bond donors (Lipinski definition) is 2. The highest BCUT2D eigenvalue weighted by Crippen LogP contribution is 2.18. The molecule has 0 aromatic heterocycles. The maximum Gasteiger partial charge on any atom is 0.337 e. The van der Waals surface area contributed by atoms with Crippen molar-refractivity contribution >= 4 is 23.3 Å². The van der Waals surface area contributed by atoms with Crippen molar-refractivity contribution in [1.82, 2.24) is 0 Å². The first-order valence-electron chi connectivity index (χ1n) is 9.51. The van der Waals surface area contributed by atoms with Gasteiger partial charge in [0.05, 0.1) is 12.7 Å². The van der Waals surface area contributed by atoms with Crippen molar-refractivity contribution in [3.05, 3.63) is 95.1 Å². The molecule has 0 fully saturated rings. The molecule has 1 amide bonds. The Morgan fingerprint density at radius 3 is 2.45 bits per heavy atom. The van der Waals surface area contributed by atoms with Gasteiger partial charge in [0.25, 0.3) is 5.91 Å². The summed E-state index contributed by atoms with van der Waals surface area (Å²) in [5.74, 6) is -0.677. The molecule has 3 aromatic rings. The number of hydrogen-bond acceptors (Lipinski definition) is 4. The second kappa shape index (κ2) is 9.55. The van der Waals surface area contributed by atoms with E-state index >= 15 is 0 Å². The Balaban J connectivity index is 1.69. The highest BCUT2D eigenvalue weighted by Gasteiger charge is 2.10. The lowest BCUT2D eigenvalue weighted by molar-refractivity contribution is 0.0600. The molecule has 0 atom stereocenters. The molecule has 2 N–H and O–H groups in total. The average molecular weight is 388 g/mol. The second-order valence-corrected chi connectivity index (χ2v) is 6.59.